The average molecular weight is 296 g/mol. The highest BCUT2D eigenvalue weighted by Crippen LogP contribution is 2.19. The number of amides is 1. The minimum Gasteiger partial charge on any atom is -0.336 e. The molecule has 0 unspecified atom stereocenters. The predicted molar refractivity (Wildman–Crippen MR) is 81.4 cm³/mol. The molecule has 1 amide bonds. The summed E-state index contributed by atoms with van der Waals surface area (Å²) in [4.78, 5) is 21.1. The first-order valence-corrected chi connectivity index (χ1v) is 7.58. The lowest BCUT2D eigenvalue weighted by Gasteiger charge is -2.34. The summed E-state index contributed by atoms with van der Waals surface area (Å²) >= 11 is 6.03. The van der Waals surface area contributed by atoms with E-state index in [1.54, 1.807) is 6.07 Å². The Bertz CT molecular complexity index is 482. The number of hydrogen-bond donors (Lipinski definition) is 0. The summed E-state index contributed by atoms with van der Waals surface area (Å²) in [6, 6.07) is 3.53. The largest absolute Gasteiger partial charge is 0.336 e. The average Bonchev–Trinajstić information content (AvgIpc) is 2.46. The van der Waals surface area contributed by atoms with Crippen LogP contribution in [0, 0.1) is 0 Å². The quantitative estimate of drug-likeness (QED) is 0.804. The number of aromatic nitrogens is 1. The van der Waals surface area contributed by atoms with Crippen LogP contribution in [0.2, 0.25) is 5.15 Å². The Morgan fingerprint density at radius 2 is 1.95 bits per heavy atom. The van der Waals surface area contributed by atoms with E-state index in [0.717, 1.165) is 38.4 Å². The van der Waals surface area contributed by atoms with Crippen molar-refractivity contribution < 1.29 is 4.79 Å². The van der Waals surface area contributed by atoms with Gasteiger partial charge in [0.15, 0.2) is 0 Å². The molecule has 1 aromatic heterocycles. The molecule has 1 aliphatic rings. The molecule has 0 saturated carbocycles. The molecule has 0 atom stereocenters. The molecule has 4 nitrogen and oxygen atoms in total. The van der Waals surface area contributed by atoms with Crippen LogP contribution in [0.3, 0.4) is 0 Å². The third-order valence-electron chi connectivity index (χ3n) is 3.76. The SMILES string of the molecule is CCN1CCN(C(=O)c2cc(Cl)nc(C(C)C)c2)CC1. The second kappa shape index (κ2) is 6.55. The lowest BCUT2D eigenvalue weighted by molar-refractivity contribution is 0.0643. The number of carbonyl (C=O) groups is 1. The van der Waals surface area contributed by atoms with Crippen LogP contribution in [0.5, 0.6) is 0 Å². The zero-order chi connectivity index (χ0) is 14.7. The molecule has 2 heterocycles. The Morgan fingerprint density at radius 1 is 1.30 bits per heavy atom. The fourth-order valence-electron chi connectivity index (χ4n) is 2.39. The van der Waals surface area contributed by atoms with Crippen LogP contribution >= 0.6 is 11.6 Å². The molecule has 1 aliphatic heterocycles. The number of likely N-dealkylation sites (N-methyl/N-ethyl adjacent to an activating group) is 1. The molecule has 0 spiro atoms. The summed E-state index contributed by atoms with van der Waals surface area (Å²) in [7, 11) is 0. The summed E-state index contributed by atoms with van der Waals surface area (Å²) in [5.41, 5.74) is 1.52. The van der Waals surface area contributed by atoms with Crippen molar-refractivity contribution in [1.29, 1.82) is 0 Å². The van der Waals surface area contributed by atoms with E-state index < -0.39 is 0 Å². The van der Waals surface area contributed by atoms with Gasteiger partial charge in [0.25, 0.3) is 5.91 Å². The van der Waals surface area contributed by atoms with Crippen LogP contribution in [-0.4, -0.2) is 53.4 Å². The van der Waals surface area contributed by atoms with Gasteiger partial charge in [-0.25, -0.2) is 4.98 Å². The highest BCUT2D eigenvalue weighted by atomic mass is 35.5. The molecule has 0 bridgehead atoms. The van der Waals surface area contributed by atoms with E-state index >= 15 is 0 Å². The summed E-state index contributed by atoms with van der Waals surface area (Å²) in [5.74, 6) is 0.323. The van der Waals surface area contributed by atoms with Crippen molar-refractivity contribution in [2.24, 2.45) is 0 Å². The highest BCUT2D eigenvalue weighted by Gasteiger charge is 2.22. The summed E-state index contributed by atoms with van der Waals surface area (Å²) in [5, 5.41) is 0.395. The molecule has 0 aromatic carbocycles. The first-order chi connectivity index (χ1) is 9.51. The molecule has 1 fully saturated rings. The maximum absolute atomic E-state index is 12.5. The van der Waals surface area contributed by atoms with Crippen molar-refractivity contribution in [3.05, 3.63) is 28.5 Å². The first-order valence-electron chi connectivity index (χ1n) is 7.20. The Kier molecular flexibility index (Phi) is 5.00. The highest BCUT2D eigenvalue weighted by molar-refractivity contribution is 6.29. The van der Waals surface area contributed by atoms with Gasteiger partial charge in [-0.2, -0.15) is 0 Å². The minimum atomic E-state index is 0.0620. The van der Waals surface area contributed by atoms with Crippen molar-refractivity contribution in [2.45, 2.75) is 26.7 Å². The number of carbonyl (C=O) groups excluding carboxylic acids is 1. The molecular formula is C15H22ClN3O. The molecule has 0 aliphatic carbocycles. The number of hydrogen-bond acceptors (Lipinski definition) is 3. The van der Waals surface area contributed by atoms with Crippen LogP contribution in [0.15, 0.2) is 12.1 Å². The molecule has 110 valence electrons. The number of rotatable bonds is 3. The van der Waals surface area contributed by atoms with Crippen LogP contribution < -0.4 is 0 Å². The van der Waals surface area contributed by atoms with Gasteiger partial charge < -0.3 is 9.80 Å². The Morgan fingerprint density at radius 3 is 2.50 bits per heavy atom. The van der Waals surface area contributed by atoms with Gasteiger partial charge >= 0.3 is 0 Å². The zero-order valence-corrected chi connectivity index (χ0v) is 13.2. The summed E-state index contributed by atoms with van der Waals surface area (Å²) in [6.07, 6.45) is 0. The van der Waals surface area contributed by atoms with E-state index in [9.17, 15) is 4.79 Å². The number of nitrogens with zero attached hydrogens (tertiary/aromatic N) is 3. The minimum absolute atomic E-state index is 0.0620. The molecular weight excluding hydrogens is 274 g/mol. The number of pyridine rings is 1. The molecule has 0 radical (unpaired) electrons. The monoisotopic (exact) mass is 295 g/mol. The fraction of sp³-hybridized carbons (Fsp3) is 0.600. The van der Waals surface area contributed by atoms with Gasteiger partial charge in [0.2, 0.25) is 0 Å². The van der Waals surface area contributed by atoms with Crippen LogP contribution in [-0.2, 0) is 0 Å². The van der Waals surface area contributed by atoms with Gasteiger partial charge in [-0.05, 0) is 24.6 Å². The van der Waals surface area contributed by atoms with E-state index in [1.165, 1.54) is 0 Å². The molecule has 2 rings (SSSR count). The van der Waals surface area contributed by atoms with Crippen LogP contribution in [0.1, 0.15) is 42.7 Å². The Labute approximate surface area is 125 Å². The lowest BCUT2D eigenvalue weighted by atomic mass is 10.1. The maximum Gasteiger partial charge on any atom is 0.254 e. The summed E-state index contributed by atoms with van der Waals surface area (Å²) in [6.45, 7) is 10.7. The van der Waals surface area contributed by atoms with E-state index in [4.69, 9.17) is 11.6 Å². The predicted octanol–water partition coefficient (Wildman–Crippen LogP) is 2.64. The molecule has 20 heavy (non-hydrogen) atoms. The summed E-state index contributed by atoms with van der Waals surface area (Å²) < 4.78 is 0. The van der Waals surface area contributed by atoms with Crippen molar-refractivity contribution in [3.63, 3.8) is 0 Å². The van der Waals surface area contributed by atoms with Crippen molar-refractivity contribution >= 4 is 17.5 Å². The smallest absolute Gasteiger partial charge is 0.254 e. The van der Waals surface area contributed by atoms with Gasteiger partial charge in [-0.3, -0.25) is 4.79 Å². The standard InChI is InChI=1S/C15H22ClN3O/c1-4-18-5-7-19(8-6-18)15(20)12-9-13(11(2)3)17-14(16)10-12/h9-11H,4-8H2,1-3H3. The van der Waals surface area contributed by atoms with Gasteiger partial charge in [0.1, 0.15) is 5.15 Å². The molecule has 1 saturated heterocycles. The van der Waals surface area contributed by atoms with E-state index in [2.05, 4.69) is 16.8 Å². The fourth-order valence-corrected chi connectivity index (χ4v) is 2.60. The number of halogens is 1. The van der Waals surface area contributed by atoms with Crippen molar-refractivity contribution in [2.75, 3.05) is 32.7 Å². The van der Waals surface area contributed by atoms with Crippen molar-refractivity contribution in [3.8, 4) is 0 Å². The second-order valence-electron chi connectivity index (χ2n) is 5.48. The van der Waals surface area contributed by atoms with Gasteiger partial charge in [0, 0.05) is 37.4 Å². The van der Waals surface area contributed by atoms with E-state index in [1.807, 2.05) is 24.8 Å². The topological polar surface area (TPSA) is 36.4 Å². The molecule has 1 aromatic rings. The van der Waals surface area contributed by atoms with E-state index in [0.29, 0.717) is 10.7 Å². The Hall–Kier alpha value is -1.13. The van der Waals surface area contributed by atoms with Gasteiger partial charge in [-0.15, -0.1) is 0 Å². The van der Waals surface area contributed by atoms with E-state index in [-0.39, 0.29) is 11.8 Å². The maximum atomic E-state index is 12.5. The Balaban J connectivity index is 2.13. The third kappa shape index (κ3) is 3.49. The third-order valence-corrected chi connectivity index (χ3v) is 3.95. The molecule has 5 heteroatoms. The zero-order valence-electron chi connectivity index (χ0n) is 12.4. The first kappa shape index (κ1) is 15.3. The number of piperazine rings is 1. The van der Waals surface area contributed by atoms with Gasteiger partial charge in [0.05, 0.1) is 0 Å². The van der Waals surface area contributed by atoms with Crippen molar-refractivity contribution in [1.82, 2.24) is 14.8 Å². The van der Waals surface area contributed by atoms with Crippen LogP contribution in [0.25, 0.3) is 0 Å². The van der Waals surface area contributed by atoms with Gasteiger partial charge in [-0.1, -0.05) is 32.4 Å². The molecule has 0 N–H and O–H groups in total. The lowest BCUT2D eigenvalue weighted by Crippen LogP contribution is -2.48. The van der Waals surface area contributed by atoms with Crippen LogP contribution in [0.4, 0.5) is 0 Å². The normalized spacial score (nSPS) is 16.8. The second-order valence-corrected chi connectivity index (χ2v) is 5.87.